The summed E-state index contributed by atoms with van der Waals surface area (Å²) >= 11 is 0. The lowest BCUT2D eigenvalue weighted by Gasteiger charge is -2.31. The van der Waals surface area contributed by atoms with Gasteiger partial charge in [0.25, 0.3) is 17.5 Å². The van der Waals surface area contributed by atoms with Crippen molar-refractivity contribution in [2.45, 2.75) is 33.6 Å². The molecule has 1 atom stereocenters. The van der Waals surface area contributed by atoms with Crippen molar-refractivity contribution in [2.24, 2.45) is 5.73 Å². The predicted octanol–water partition coefficient (Wildman–Crippen LogP) is 1.53. The van der Waals surface area contributed by atoms with Gasteiger partial charge in [0.1, 0.15) is 0 Å². The van der Waals surface area contributed by atoms with Crippen molar-refractivity contribution in [1.29, 1.82) is 0 Å². The third kappa shape index (κ3) is 6.44. The number of primary amides is 1. The number of carbonyl (C=O) groups excluding carboxylic acids is 4. The number of hydrogen-bond acceptors (Lipinski definition) is 8. The molecule has 0 aromatic heterocycles. The van der Waals surface area contributed by atoms with E-state index in [0.717, 1.165) is 12.2 Å². The topological polar surface area (TPSA) is 183 Å². The number of allylic oxidation sites excluding steroid dienone is 4. The molecular formula is C24H27N5O7. The number of nitro benzene ring substituents is 1. The van der Waals surface area contributed by atoms with E-state index >= 15 is 0 Å². The Kier molecular flexibility index (Phi) is 8.86. The Hall–Kier alpha value is -4.74. The van der Waals surface area contributed by atoms with Crippen molar-refractivity contribution in [3.05, 3.63) is 86.0 Å². The van der Waals surface area contributed by atoms with Gasteiger partial charge in [-0.15, -0.1) is 0 Å². The van der Waals surface area contributed by atoms with Gasteiger partial charge in [-0.3, -0.25) is 24.5 Å². The van der Waals surface area contributed by atoms with Crippen LogP contribution in [0.25, 0.3) is 0 Å². The lowest BCUT2D eigenvalue weighted by atomic mass is 9.79. The molecule has 0 saturated heterocycles. The fourth-order valence-electron chi connectivity index (χ4n) is 3.82. The number of benzene rings is 1. The number of esters is 1. The van der Waals surface area contributed by atoms with Crippen molar-refractivity contribution < 1.29 is 28.8 Å². The summed E-state index contributed by atoms with van der Waals surface area (Å²) in [6.45, 7) is 6.09. The van der Waals surface area contributed by atoms with Gasteiger partial charge in [-0.25, -0.2) is 4.79 Å². The second kappa shape index (κ2) is 11.6. The molecule has 12 heteroatoms. The van der Waals surface area contributed by atoms with Crippen LogP contribution in [0.15, 0.2) is 70.4 Å². The van der Waals surface area contributed by atoms with Crippen molar-refractivity contribution in [1.82, 2.24) is 16.0 Å². The first-order valence-electron chi connectivity index (χ1n) is 10.7. The zero-order valence-electron chi connectivity index (χ0n) is 20.4. The minimum atomic E-state index is -1.17. The summed E-state index contributed by atoms with van der Waals surface area (Å²) in [6.07, 6.45) is 2.08. The first kappa shape index (κ1) is 27.5. The molecule has 5 N–H and O–H groups in total. The maximum absolute atomic E-state index is 13.4. The summed E-state index contributed by atoms with van der Waals surface area (Å²) in [7, 11) is 1.18. The monoisotopic (exact) mass is 497 g/mol. The number of nitro groups is 1. The molecule has 1 aliphatic heterocycles. The summed E-state index contributed by atoms with van der Waals surface area (Å²) in [4.78, 5) is 60.8. The van der Waals surface area contributed by atoms with Gasteiger partial charge < -0.3 is 26.4 Å². The molecule has 2 rings (SSSR count). The largest absolute Gasteiger partial charge is 0.466 e. The Labute approximate surface area is 207 Å². The molecule has 1 aromatic carbocycles. The van der Waals surface area contributed by atoms with Crippen LogP contribution in [0, 0.1) is 10.1 Å². The maximum Gasteiger partial charge on any atom is 0.332 e. The number of nitrogens with two attached hydrogens (primary N) is 1. The molecule has 3 amide bonds. The van der Waals surface area contributed by atoms with E-state index in [1.54, 1.807) is 19.9 Å². The molecule has 0 fully saturated rings. The average Bonchev–Trinajstić information content (AvgIpc) is 2.77. The Morgan fingerprint density at radius 2 is 1.50 bits per heavy atom. The second-order valence-corrected chi connectivity index (χ2v) is 7.94. The zero-order chi connectivity index (χ0) is 27.2. The molecule has 0 spiro atoms. The Balaban J connectivity index is 2.70. The van der Waals surface area contributed by atoms with E-state index in [-0.39, 0.29) is 33.8 Å². The Morgan fingerprint density at radius 3 is 1.97 bits per heavy atom. The number of carbonyl (C=O) groups is 4. The van der Waals surface area contributed by atoms with Gasteiger partial charge in [-0.05, 0) is 27.7 Å². The standard InChI is InChI=1S/C24H27N5O7/c1-12(10-18(25)30)26-23(32)20-14(3)28-15(4)21(24(33)27-13(2)11-19(31)36-5)22(20)16-8-6-7-9-17(16)29(34)35/h6-11,22,28H,1-5H3,(H2,25,30)(H,26,32)(H,27,33)/b12-10+,13-11+. The molecular weight excluding hydrogens is 470 g/mol. The van der Waals surface area contributed by atoms with E-state index in [1.807, 2.05) is 0 Å². The Bertz CT molecular complexity index is 1260. The molecule has 0 aliphatic carbocycles. The fourth-order valence-corrected chi connectivity index (χ4v) is 3.82. The summed E-state index contributed by atoms with van der Waals surface area (Å²) in [6, 6.07) is 5.76. The lowest BCUT2D eigenvalue weighted by molar-refractivity contribution is -0.385. The highest BCUT2D eigenvalue weighted by atomic mass is 16.6. The van der Waals surface area contributed by atoms with Crippen LogP contribution in [-0.4, -0.2) is 35.7 Å². The van der Waals surface area contributed by atoms with Crippen LogP contribution >= 0.6 is 0 Å². The number of methoxy groups -OCH3 is 1. The molecule has 190 valence electrons. The normalized spacial score (nSPS) is 16.2. The highest BCUT2D eigenvalue weighted by Gasteiger charge is 2.39. The molecule has 1 aliphatic rings. The number of ether oxygens (including phenoxy) is 1. The number of rotatable bonds is 8. The summed E-state index contributed by atoms with van der Waals surface area (Å²) in [5.74, 6) is -4.02. The first-order chi connectivity index (χ1) is 16.9. The van der Waals surface area contributed by atoms with Gasteiger partial charge in [0.15, 0.2) is 0 Å². The number of nitrogens with zero attached hydrogens (tertiary/aromatic N) is 1. The van der Waals surface area contributed by atoms with Crippen molar-refractivity contribution in [3.63, 3.8) is 0 Å². The van der Waals surface area contributed by atoms with Crippen LogP contribution < -0.4 is 21.7 Å². The van der Waals surface area contributed by atoms with Crippen molar-refractivity contribution >= 4 is 29.4 Å². The molecule has 0 radical (unpaired) electrons. The summed E-state index contributed by atoms with van der Waals surface area (Å²) in [5, 5.41) is 19.9. The fraction of sp³-hybridized carbons (Fsp3) is 0.250. The lowest BCUT2D eigenvalue weighted by Crippen LogP contribution is -2.38. The van der Waals surface area contributed by atoms with Gasteiger partial charge >= 0.3 is 5.97 Å². The third-order valence-electron chi connectivity index (χ3n) is 5.21. The van der Waals surface area contributed by atoms with E-state index in [1.165, 1.54) is 39.2 Å². The number of nitrogens with one attached hydrogen (secondary N) is 3. The number of amides is 3. The number of dihydropyridines is 1. The quantitative estimate of drug-likeness (QED) is 0.180. The summed E-state index contributed by atoms with van der Waals surface area (Å²) in [5.41, 5.74) is 5.99. The van der Waals surface area contributed by atoms with Crippen LogP contribution in [-0.2, 0) is 23.9 Å². The van der Waals surface area contributed by atoms with Gasteiger partial charge in [-0.1, -0.05) is 18.2 Å². The molecule has 0 saturated carbocycles. The van der Waals surface area contributed by atoms with Crippen LogP contribution in [0.4, 0.5) is 5.69 Å². The van der Waals surface area contributed by atoms with Gasteiger partial charge in [0, 0.05) is 57.7 Å². The molecule has 1 aromatic rings. The minimum absolute atomic E-state index is 0.0203. The van der Waals surface area contributed by atoms with E-state index in [4.69, 9.17) is 5.73 Å². The van der Waals surface area contributed by atoms with Crippen LogP contribution in [0.1, 0.15) is 39.2 Å². The maximum atomic E-state index is 13.4. The van der Waals surface area contributed by atoms with Gasteiger partial charge in [0.2, 0.25) is 5.91 Å². The predicted molar refractivity (Wildman–Crippen MR) is 129 cm³/mol. The van der Waals surface area contributed by atoms with E-state index in [2.05, 4.69) is 20.7 Å². The summed E-state index contributed by atoms with van der Waals surface area (Å²) < 4.78 is 4.56. The molecule has 1 heterocycles. The van der Waals surface area contributed by atoms with E-state index in [0.29, 0.717) is 11.4 Å². The van der Waals surface area contributed by atoms with Gasteiger partial charge in [0.05, 0.1) is 18.0 Å². The highest BCUT2D eigenvalue weighted by molar-refractivity contribution is 6.05. The van der Waals surface area contributed by atoms with E-state index in [9.17, 15) is 29.3 Å². The third-order valence-corrected chi connectivity index (χ3v) is 5.21. The minimum Gasteiger partial charge on any atom is -0.466 e. The van der Waals surface area contributed by atoms with Crippen molar-refractivity contribution in [2.75, 3.05) is 7.11 Å². The van der Waals surface area contributed by atoms with Crippen LogP contribution in [0.5, 0.6) is 0 Å². The van der Waals surface area contributed by atoms with Crippen LogP contribution in [0.3, 0.4) is 0 Å². The smallest absolute Gasteiger partial charge is 0.332 e. The molecule has 12 nitrogen and oxygen atoms in total. The van der Waals surface area contributed by atoms with Gasteiger partial charge in [-0.2, -0.15) is 0 Å². The molecule has 1 unspecified atom stereocenters. The highest BCUT2D eigenvalue weighted by Crippen LogP contribution is 2.41. The van der Waals surface area contributed by atoms with Crippen LogP contribution in [0.2, 0.25) is 0 Å². The second-order valence-electron chi connectivity index (χ2n) is 7.94. The Morgan fingerprint density at radius 1 is 1.00 bits per heavy atom. The average molecular weight is 498 g/mol. The number of para-hydroxylation sites is 1. The molecule has 36 heavy (non-hydrogen) atoms. The van der Waals surface area contributed by atoms with E-state index < -0.39 is 34.5 Å². The number of hydrogen-bond donors (Lipinski definition) is 4. The SMILES string of the molecule is COC(=O)/C=C(\C)NC(=O)C1=C(C)NC(C)=C(C(=O)N/C(C)=C/C(N)=O)C1c1ccccc1[N+](=O)[O-]. The first-order valence-corrected chi connectivity index (χ1v) is 10.7. The zero-order valence-corrected chi connectivity index (χ0v) is 20.4. The van der Waals surface area contributed by atoms with Crippen molar-refractivity contribution in [3.8, 4) is 0 Å². The molecule has 0 bridgehead atoms.